The van der Waals surface area contributed by atoms with Crippen LogP contribution in [-0.2, 0) is 37.5 Å². The minimum Gasteiger partial charge on any atom is -0.480 e. The molecule has 12 heteroatoms. The van der Waals surface area contributed by atoms with Crippen LogP contribution < -0.4 is 5.73 Å². The van der Waals surface area contributed by atoms with Gasteiger partial charge >= 0.3 is 25.7 Å². The number of rotatable bonds is 37. The number of ether oxygens (including phenoxy) is 2. The van der Waals surface area contributed by atoms with E-state index in [1.165, 1.54) is 83.5 Å². The minimum absolute atomic E-state index is 0.162. The van der Waals surface area contributed by atoms with Crippen LogP contribution in [0.5, 0.6) is 0 Å². The number of aliphatic carboxylic acids is 1. The molecule has 0 aliphatic heterocycles. The number of esters is 2. The summed E-state index contributed by atoms with van der Waals surface area (Å²) in [7, 11) is -4.71. The van der Waals surface area contributed by atoms with Gasteiger partial charge in [0.1, 0.15) is 12.6 Å². The van der Waals surface area contributed by atoms with Gasteiger partial charge in [-0.3, -0.25) is 23.4 Å². The molecule has 4 N–H and O–H groups in total. The molecule has 298 valence electrons. The molecule has 51 heavy (non-hydrogen) atoms. The first-order valence-corrected chi connectivity index (χ1v) is 21.4. The first-order valence-electron chi connectivity index (χ1n) is 19.9. The molecule has 0 aromatic heterocycles. The summed E-state index contributed by atoms with van der Waals surface area (Å²) in [4.78, 5) is 45.7. The fourth-order valence-electron chi connectivity index (χ4n) is 5.27. The Morgan fingerprint density at radius 2 is 1.04 bits per heavy atom. The van der Waals surface area contributed by atoms with Crippen LogP contribution in [-0.4, -0.2) is 59.9 Å². The number of unbranched alkanes of at least 4 members (excludes halogenated alkanes) is 19. The lowest BCUT2D eigenvalue weighted by atomic mass is 10.1. The van der Waals surface area contributed by atoms with Gasteiger partial charge in [-0.25, -0.2) is 4.57 Å². The molecule has 0 saturated heterocycles. The zero-order valence-electron chi connectivity index (χ0n) is 31.9. The summed E-state index contributed by atoms with van der Waals surface area (Å²) in [5, 5.41) is 8.86. The second-order valence-corrected chi connectivity index (χ2v) is 14.9. The van der Waals surface area contributed by atoms with Crippen LogP contribution in [0.15, 0.2) is 24.3 Å². The monoisotopic (exact) mass is 745 g/mol. The Morgan fingerprint density at radius 1 is 0.608 bits per heavy atom. The third-order valence-corrected chi connectivity index (χ3v) is 9.40. The van der Waals surface area contributed by atoms with E-state index in [9.17, 15) is 23.8 Å². The van der Waals surface area contributed by atoms with E-state index in [2.05, 4.69) is 42.7 Å². The van der Waals surface area contributed by atoms with Gasteiger partial charge in [0.2, 0.25) is 0 Å². The van der Waals surface area contributed by atoms with E-state index in [1.807, 2.05) is 0 Å². The summed E-state index contributed by atoms with van der Waals surface area (Å²) in [5.41, 5.74) is 5.31. The van der Waals surface area contributed by atoms with Gasteiger partial charge in [0.25, 0.3) is 0 Å². The van der Waals surface area contributed by atoms with E-state index in [0.29, 0.717) is 12.8 Å². The highest BCUT2D eigenvalue weighted by Gasteiger charge is 2.28. The predicted molar refractivity (Wildman–Crippen MR) is 203 cm³/mol. The van der Waals surface area contributed by atoms with E-state index < -0.39 is 51.1 Å². The SMILES string of the molecule is CCCCC/C=C/C/C=C/CCCCCCCCCC(=O)OC[C@@H](COP(=O)(O)OC[C@@H](N)C(=O)O)OC(=O)CCCCCCCCCCCC. The predicted octanol–water partition coefficient (Wildman–Crippen LogP) is 9.89. The summed E-state index contributed by atoms with van der Waals surface area (Å²) >= 11 is 0. The number of allylic oxidation sites excluding steroid dienone is 4. The Labute approximate surface area is 309 Å². The van der Waals surface area contributed by atoms with E-state index in [1.54, 1.807) is 0 Å². The van der Waals surface area contributed by atoms with Crippen molar-refractivity contribution in [3.05, 3.63) is 24.3 Å². The average molecular weight is 746 g/mol. The number of phosphoric acid groups is 1. The number of nitrogens with two attached hydrogens (primary N) is 1. The number of hydrogen-bond acceptors (Lipinski definition) is 9. The fourth-order valence-corrected chi connectivity index (χ4v) is 6.05. The van der Waals surface area contributed by atoms with Gasteiger partial charge in [0.15, 0.2) is 6.10 Å². The van der Waals surface area contributed by atoms with Crippen LogP contribution >= 0.6 is 7.82 Å². The number of carboxylic acids is 1. The van der Waals surface area contributed by atoms with Gasteiger partial charge in [0.05, 0.1) is 13.2 Å². The normalized spacial score (nSPS) is 14.1. The number of carboxylic acid groups (broad SMARTS) is 1. The lowest BCUT2D eigenvalue weighted by Crippen LogP contribution is -2.34. The van der Waals surface area contributed by atoms with Gasteiger partial charge in [-0.1, -0.05) is 141 Å². The van der Waals surface area contributed by atoms with Crippen molar-refractivity contribution < 1.29 is 47.5 Å². The Bertz CT molecular complexity index is 974. The van der Waals surface area contributed by atoms with Crippen molar-refractivity contribution in [1.29, 1.82) is 0 Å². The van der Waals surface area contributed by atoms with E-state index in [-0.39, 0.29) is 19.4 Å². The summed E-state index contributed by atoms with van der Waals surface area (Å²) in [6, 6.07) is -1.52. The van der Waals surface area contributed by atoms with Crippen molar-refractivity contribution in [2.75, 3.05) is 19.8 Å². The first-order chi connectivity index (χ1) is 24.6. The van der Waals surface area contributed by atoms with Crippen LogP contribution in [0.2, 0.25) is 0 Å². The molecular weight excluding hydrogens is 673 g/mol. The topological polar surface area (TPSA) is 172 Å². The van der Waals surface area contributed by atoms with Crippen LogP contribution in [0.3, 0.4) is 0 Å². The number of hydrogen-bond donors (Lipinski definition) is 3. The molecule has 1 unspecified atom stereocenters. The lowest BCUT2D eigenvalue weighted by molar-refractivity contribution is -0.161. The maximum atomic E-state index is 12.5. The molecule has 0 spiro atoms. The molecule has 0 radical (unpaired) electrons. The van der Waals surface area contributed by atoms with E-state index >= 15 is 0 Å². The molecule has 3 atom stereocenters. The second-order valence-electron chi connectivity index (χ2n) is 13.4. The fraction of sp³-hybridized carbons (Fsp3) is 0.821. The summed E-state index contributed by atoms with van der Waals surface area (Å²) in [5.74, 6) is -2.39. The summed E-state index contributed by atoms with van der Waals surface area (Å²) in [6.45, 7) is 2.74. The third kappa shape index (κ3) is 34.8. The van der Waals surface area contributed by atoms with Crippen molar-refractivity contribution in [1.82, 2.24) is 0 Å². The molecule has 11 nitrogen and oxygen atoms in total. The van der Waals surface area contributed by atoms with Gasteiger partial charge in [-0.15, -0.1) is 0 Å². The molecule has 0 aromatic rings. The smallest absolute Gasteiger partial charge is 0.472 e. The maximum absolute atomic E-state index is 12.5. The largest absolute Gasteiger partial charge is 0.480 e. The summed E-state index contributed by atoms with van der Waals surface area (Å²) < 4.78 is 32.5. The number of phosphoric ester groups is 1. The molecule has 0 aromatic carbocycles. The van der Waals surface area contributed by atoms with E-state index in [0.717, 1.165) is 51.4 Å². The second kappa shape index (κ2) is 35.0. The van der Waals surface area contributed by atoms with Crippen LogP contribution in [0.4, 0.5) is 0 Å². The van der Waals surface area contributed by atoms with Crippen molar-refractivity contribution in [3.63, 3.8) is 0 Å². The molecule has 0 aliphatic rings. The lowest BCUT2D eigenvalue weighted by Gasteiger charge is -2.20. The van der Waals surface area contributed by atoms with Crippen LogP contribution in [0.25, 0.3) is 0 Å². The highest BCUT2D eigenvalue weighted by molar-refractivity contribution is 7.47. The van der Waals surface area contributed by atoms with Gasteiger partial charge in [0, 0.05) is 12.8 Å². The van der Waals surface area contributed by atoms with Crippen LogP contribution in [0.1, 0.15) is 174 Å². The standard InChI is InChI=1S/C39H72NO10P/c1-3-5-7-9-11-13-15-16-17-18-19-20-21-23-24-26-28-30-37(41)47-32-35(33-48-51(45,46)49-34-36(40)39(43)44)50-38(42)31-29-27-25-22-14-12-10-8-6-4-2/h11,13,16-17,35-36H,3-10,12,14-15,18-34,40H2,1-2H3,(H,43,44)(H,45,46)/b13-11+,17-16+/t35-,36+/m0/s1. The Kier molecular flexibility index (Phi) is 33.6. The number of carbonyl (C=O) groups excluding carboxylic acids is 2. The molecule has 0 saturated carbocycles. The molecule has 0 rings (SSSR count). The van der Waals surface area contributed by atoms with Crippen molar-refractivity contribution >= 4 is 25.7 Å². The molecule has 0 heterocycles. The molecule has 0 aliphatic carbocycles. The van der Waals surface area contributed by atoms with Gasteiger partial charge in [-0.05, 0) is 44.9 Å². The Balaban J connectivity index is 4.37. The molecule has 0 fully saturated rings. The quantitative estimate of drug-likeness (QED) is 0.0239. The minimum atomic E-state index is -4.71. The van der Waals surface area contributed by atoms with Crippen molar-refractivity contribution in [2.24, 2.45) is 5.73 Å². The zero-order chi connectivity index (χ0) is 37.8. The molecular formula is C39H72NO10P. The molecule has 0 bridgehead atoms. The highest BCUT2D eigenvalue weighted by atomic mass is 31.2. The summed E-state index contributed by atoms with van der Waals surface area (Å²) in [6.07, 6.45) is 33.9. The maximum Gasteiger partial charge on any atom is 0.472 e. The zero-order valence-corrected chi connectivity index (χ0v) is 32.8. The van der Waals surface area contributed by atoms with Crippen LogP contribution in [0, 0.1) is 0 Å². The molecule has 0 amide bonds. The van der Waals surface area contributed by atoms with Crippen molar-refractivity contribution in [2.45, 2.75) is 187 Å². The van der Waals surface area contributed by atoms with Gasteiger partial charge in [-0.2, -0.15) is 0 Å². The Hall–Kier alpha value is -2.04. The third-order valence-electron chi connectivity index (χ3n) is 8.45. The van der Waals surface area contributed by atoms with Gasteiger partial charge < -0.3 is 25.2 Å². The number of carbonyl (C=O) groups is 3. The Morgan fingerprint density at radius 3 is 1.57 bits per heavy atom. The van der Waals surface area contributed by atoms with Crippen molar-refractivity contribution in [3.8, 4) is 0 Å². The highest BCUT2D eigenvalue weighted by Crippen LogP contribution is 2.43. The first kappa shape index (κ1) is 49.0. The van der Waals surface area contributed by atoms with E-state index in [4.69, 9.17) is 24.8 Å². The average Bonchev–Trinajstić information content (AvgIpc) is 3.10.